The van der Waals surface area contributed by atoms with Gasteiger partial charge in [-0.25, -0.2) is 13.9 Å². The van der Waals surface area contributed by atoms with Crippen LogP contribution in [0.1, 0.15) is 34.7 Å². The first-order valence-electron chi connectivity index (χ1n) is 12.6. The summed E-state index contributed by atoms with van der Waals surface area (Å²) in [7, 11) is 0. The number of anilines is 1. The summed E-state index contributed by atoms with van der Waals surface area (Å²) in [4.78, 5) is 36.2. The van der Waals surface area contributed by atoms with Crippen LogP contribution in [0.5, 0.6) is 0 Å². The largest absolute Gasteiger partial charge is 0.381 e. The number of hydrogen-bond donors (Lipinski definition) is 2. The fourth-order valence-corrected chi connectivity index (χ4v) is 5.00. The highest BCUT2D eigenvalue weighted by Crippen LogP contribution is 2.30. The second kappa shape index (κ2) is 9.73. The zero-order valence-corrected chi connectivity index (χ0v) is 21.7. The molecule has 40 heavy (non-hydrogen) atoms. The molecular weight excluding hydrogens is 509 g/mol. The number of fused-ring (bicyclic) bond motifs is 2. The van der Waals surface area contributed by atoms with Crippen molar-refractivity contribution < 1.29 is 9.18 Å². The fourth-order valence-electron chi connectivity index (χ4n) is 5.00. The summed E-state index contributed by atoms with van der Waals surface area (Å²) < 4.78 is 17.2. The Kier molecular flexibility index (Phi) is 6.07. The van der Waals surface area contributed by atoms with E-state index in [0.29, 0.717) is 27.8 Å². The molecule has 4 heterocycles. The molecule has 0 aliphatic heterocycles. The van der Waals surface area contributed by atoms with E-state index in [1.807, 2.05) is 43.3 Å². The van der Waals surface area contributed by atoms with Gasteiger partial charge in [0.15, 0.2) is 11.5 Å². The topological polar surface area (TPSA) is 120 Å². The monoisotopic (exact) mass is 533 g/mol. The highest BCUT2D eigenvalue weighted by molar-refractivity contribution is 6.04. The molecule has 10 heteroatoms. The summed E-state index contributed by atoms with van der Waals surface area (Å²) in [5.74, 6) is -0.963. The summed E-state index contributed by atoms with van der Waals surface area (Å²) in [5, 5.41) is 8.23. The van der Waals surface area contributed by atoms with E-state index >= 15 is 0 Å². The quantitative estimate of drug-likeness (QED) is 0.334. The van der Waals surface area contributed by atoms with Crippen LogP contribution >= 0.6 is 0 Å². The van der Waals surface area contributed by atoms with Gasteiger partial charge in [-0.1, -0.05) is 24.3 Å². The number of benzene rings is 2. The number of halogens is 1. The Morgan fingerprint density at radius 3 is 2.65 bits per heavy atom. The van der Waals surface area contributed by atoms with Gasteiger partial charge in [-0.2, -0.15) is 0 Å². The lowest BCUT2D eigenvalue weighted by atomic mass is 9.98. The van der Waals surface area contributed by atoms with Gasteiger partial charge in [0.25, 0.3) is 11.5 Å². The SMILES string of the molecule is Cc1cc(-c2cccc3cc([C@H](C)NC(=O)c4c(N)nn5cccnc45)n(-c4cccc(F)c4)c(=O)c23)ccn1. The number of hydrogen-bond acceptors (Lipinski definition) is 6. The summed E-state index contributed by atoms with van der Waals surface area (Å²) in [5.41, 5.74) is 9.32. The minimum atomic E-state index is -0.683. The first kappa shape index (κ1) is 24.9. The van der Waals surface area contributed by atoms with E-state index in [-0.39, 0.29) is 16.9 Å². The number of pyridine rings is 2. The van der Waals surface area contributed by atoms with Crippen molar-refractivity contribution in [2.75, 3.05) is 5.73 Å². The number of nitrogens with zero attached hydrogens (tertiary/aromatic N) is 5. The van der Waals surface area contributed by atoms with Gasteiger partial charge < -0.3 is 11.1 Å². The molecule has 198 valence electrons. The normalized spacial score (nSPS) is 12.1. The Morgan fingerprint density at radius 2 is 1.85 bits per heavy atom. The van der Waals surface area contributed by atoms with Gasteiger partial charge in [0, 0.05) is 30.0 Å². The molecule has 0 aliphatic rings. The lowest BCUT2D eigenvalue weighted by Gasteiger charge is -2.22. The number of aryl methyl sites for hydroxylation is 1. The fraction of sp³-hybridized carbons (Fsp3) is 0.100. The van der Waals surface area contributed by atoms with Crippen molar-refractivity contribution in [3.05, 3.63) is 118 Å². The van der Waals surface area contributed by atoms with Crippen molar-refractivity contribution >= 4 is 28.1 Å². The second-order valence-electron chi connectivity index (χ2n) is 9.49. The molecule has 0 aliphatic carbocycles. The van der Waals surface area contributed by atoms with Crippen LogP contribution in [-0.4, -0.2) is 30.1 Å². The van der Waals surface area contributed by atoms with Crippen LogP contribution in [0.3, 0.4) is 0 Å². The molecule has 4 aromatic heterocycles. The number of nitrogen functional groups attached to an aromatic ring is 1. The number of aromatic nitrogens is 5. The number of nitrogens with one attached hydrogen (secondary N) is 1. The molecule has 0 bridgehead atoms. The first-order valence-corrected chi connectivity index (χ1v) is 12.6. The maximum Gasteiger partial charge on any atom is 0.263 e. The summed E-state index contributed by atoms with van der Waals surface area (Å²) in [6.07, 6.45) is 4.89. The molecule has 2 aromatic carbocycles. The lowest BCUT2D eigenvalue weighted by molar-refractivity contribution is 0.0941. The summed E-state index contributed by atoms with van der Waals surface area (Å²) in [6, 6.07) is 18.0. The average molecular weight is 534 g/mol. The molecule has 0 unspecified atom stereocenters. The maximum absolute atomic E-state index is 14.4. The molecule has 0 saturated carbocycles. The van der Waals surface area contributed by atoms with Gasteiger partial charge in [-0.15, -0.1) is 5.10 Å². The minimum Gasteiger partial charge on any atom is -0.381 e. The standard InChI is InChI=1S/C30H24FN7O2/c1-17-14-19(10-12-33-17)23-9-3-6-20-15-24(38(30(40)25(20)23)22-8-4-7-21(31)16-22)18(2)35-29(39)26-27(32)36-37-13-5-11-34-28(26)37/h3-16,18H,1-2H3,(H2,32,36)(H,35,39)/t18-/m0/s1. The van der Waals surface area contributed by atoms with E-state index in [4.69, 9.17) is 5.73 Å². The molecule has 3 N–H and O–H groups in total. The zero-order chi connectivity index (χ0) is 28.0. The lowest BCUT2D eigenvalue weighted by Crippen LogP contribution is -2.32. The van der Waals surface area contributed by atoms with Crippen LogP contribution in [0, 0.1) is 12.7 Å². The van der Waals surface area contributed by atoms with E-state index in [2.05, 4.69) is 20.4 Å². The van der Waals surface area contributed by atoms with Crippen LogP contribution in [0.2, 0.25) is 0 Å². The smallest absolute Gasteiger partial charge is 0.263 e. The molecule has 9 nitrogen and oxygen atoms in total. The Labute approximate surface area is 227 Å². The number of rotatable bonds is 5. The van der Waals surface area contributed by atoms with Gasteiger partial charge in [0.05, 0.1) is 17.1 Å². The Hall–Kier alpha value is -5.38. The predicted molar refractivity (Wildman–Crippen MR) is 151 cm³/mol. The van der Waals surface area contributed by atoms with Gasteiger partial charge in [-0.05, 0) is 72.8 Å². The first-order chi connectivity index (χ1) is 19.3. The highest BCUT2D eigenvalue weighted by Gasteiger charge is 2.24. The number of nitrogens with two attached hydrogens (primary N) is 1. The molecule has 6 aromatic rings. The minimum absolute atomic E-state index is 0.0294. The molecular formula is C30H24FN7O2. The molecule has 0 spiro atoms. The van der Waals surface area contributed by atoms with Crippen LogP contribution in [0.4, 0.5) is 10.2 Å². The third kappa shape index (κ3) is 4.25. The summed E-state index contributed by atoms with van der Waals surface area (Å²) in [6.45, 7) is 3.63. The van der Waals surface area contributed by atoms with Gasteiger partial charge in [0.1, 0.15) is 11.4 Å². The average Bonchev–Trinajstić information content (AvgIpc) is 3.28. The molecule has 1 atom stereocenters. The number of carbonyl (C=O) groups is 1. The molecule has 0 fully saturated rings. The summed E-state index contributed by atoms with van der Waals surface area (Å²) >= 11 is 0. The van der Waals surface area contributed by atoms with Crippen molar-refractivity contribution in [1.82, 2.24) is 29.5 Å². The number of carbonyl (C=O) groups excluding carboxylic acids is 1. The van der Waals surface area contributed by atoms with Crippen LogP contribution in [0.25, 0.3) is 33.2 Å². The molecule has 0 radical (unpaired) electrons. The van der Waals surface area contributed by atoms with Crippen molar-refractivity contribution in [3.63, 3.8) is 0 Å². The molecule has 0 saturated heterocycles. The second-order valence-corrected chi connectivity index (χ2v) is 9.49. The van der Waals surface area contributed by atoms with Crippen LogP contribution < -0.4 is 16.6 Å². The van der Waals surface area contributed by atoms with Gasteiger partial charge in [0.2, 0.25) is 0 Å². The maximum atomic E-state index is 14.4. The number of amides is 1. The van der Waals surface area contributed by atoms with Crippen molar-refractivity contribution in [2.24, 2.45) is 0 Å². The van der Waals surface area contributed by atoms with Crippen LogP contribution in [-0.2, 0) is 0 Å². The Morgan fingerprint density at radius 1 is 1.02 bits per heavy atom. The van der Waals surface area contributed by atoms with Gasteiger partial charge in [-0.3, -0.25) is 19.1 Å². The third-order valence-corrected chi connectivity index (χ3v) is 6.79. The van der Waals surface area contributed by atoms with E-state index in [0.717, 1.165) is 16.8 Å². The van der Waals surface area contributed by atoms with Crippen molar-refractivity contribution in [3.8, 4) is 16.8 Å². The van der Waals surface area contributed by atoms with Gasteiger partial charge >= 0.3 is 0 Å². The van der Waals surface area contributed by atoms with E-state index in [1.54, 1.807) is 37.6 Å². The Bertz CT molecular complexity index is 2000. The molecule has 6 rings (SSSR count). The van der Waals surface area contributed by atoms with Crippen molar-refractivity contribution in [2.45, 2.75) is 19.9 Å². The van der Waals surface area contributed by atoms with E-state index in [9.17, 15) is 14.0 Å². The highest BCUT2D eigenvalue weighted by atomic mass is 19.1. The predicted octanol–water partition coefficient (Wildman–Crippen LogP) is 4.62. The van der Waals surface area contributed by atoms with E-state index < -0.39 is 17.8 Å². The Balaban J connectivity index is 1.53. The van der Waals surface area contributed by atoms with E-state index in [1.165, 1.54) is 27.3 Å². The van der Waals surface area contributed by atoms with Crippen LogP contribution in [0.15, 0.2) is 90.1 Å². The third-order valence-electron chi connectivity index (χ3n) is 6.79. The zero-order valence-electron chi connectivity index (χ0n) is 21.7. The molecule has 1 amide bonds. The van der Waals surface area contributed by atoms with Crippen molar-refractivity contribution in [1.29, 1.82) is 0 Å².